The number of carbonyl (C=O) groups excluding carboxylic acids is 2. The minimum Gasteiger partial charge on any atom is -0.458 e. The molecule has 30 heavy (non-hydrogen) atoms. The highest BCUT2D eigenvalue weighted by Gasteiger charge is 2.21. The average Bonchev–Trinajstić information content (AvgIpc) is 2.72. The van der Waals surface area contributed by atoms with Gasteiger partial charge in [-0.2, -0.15) is 0 Å². The molecule has 0 aromatic heterocycles. The summed E-state index contributed by atoms with van der Waals surface area (Å²) in [6, 6.07) is 9.94. The van der Waals surface area contributed by atoms with E-state index in [0.29, 0.717) is 19.6 Å². The largest absolute Gasteiger partial charge is 0.458 e. The summed E-state index contributed by atoms with van der Waals surface area (Å²) in [5.41, 5.74) is 2.20. The lowest BCUT2D eigenvalue weighted by Crippen LogP contribution is -2.40. The summed E-state index contributed by atoms with van der Waals surface area (Å²) < 4.78 is 11.2. The highest BCUT2D eigenvalue weighted by molar-refractivity contribution is 5.76. The average molecular weight is 414 g/mol. The van der Waals surface area contributed by atoms with Crippen molar-refractivity contribution < 1.29 is 19.1 Å². The number of ether oxygens (including phenoxy) is 2. The summed E-state index contributed by atoms with van der Waals surface area (Å²) in [5, 5.41) is 3.18. The van der Waals surface area contributed by atoms with Crippen molar-refractivity contribution in [3.05, 3.63) is 59.7 Å². The maximum atomic E-state index is 12.4. The molecule has 3 atom stereocenters. The van der Waals surface area contributed by atoms with E-state index in [9.17, 15) is 9.59 Å². The number of amides is 1. The Morgan fingerprint density at radius 2 is 1.90 bits per heavy atom. The van der Waals surface area contributed by atoms with Gasteiger partial charge in [0.05, 0.1) is 19.3 Å². The number of carbonyl (C=O) groups is 2. The van der Waals surface area contributed by atoms with Crippen LogP contribution in [0.1, 0.15) is 58.4 Å². The summed E-state index contributed by atoms with van der Waals surface area (Å²) in [7, 11) is 0. The second-order valence-corrected chi connectivity index (χ2v) is 7.99. The van der Waals surface area contributed by atoms with Gasteiger partial charge in [-0.1, -0.05) is 61.4 Å². The third kappa shape index (κ3) is 8.95. The quantitative estimate of drug-likeness (QED) is 0.416. The number of rotatable bonds is 6. The van der Waals surface area contributed by atoms with Crippen LogP contribution in [-0.2, 0) is 25.7 Å². The molecule has 1 aliphatic rings. The van der Waals surface area contributed by atoms with Crippen LogP contribution >= 0.6 is 0 Å². The molecule has 0 fully saturated rings. The maximum Gasteiger partial charge on any atom is 0.303 e. The van der Waals surface area contributed by atoms with Gasteiger partial charge in [-0.15, -0.1) is 0 Å². The van der Waals surface area contributed by atoms with E-state index in [4.69, 9.17) is 9.47 Å². The van der Waals surface area contributed by atoms with Crippen LogP contribution in [0, 0.1) is 5.92 Å². The van der Waals surface area contributed by atoms with Crippen LogP contribution in [0.2, 0.25) is 0 Å². The smallest absolute Gasteiger partial charge is 0.303 e. The minimum absolute atomic E-state index is 0.0665. The van der Waals surface area contributed by atoms with Crippen LogP contribution in [0.5, 0.6) is 0 Å². The molecule has 0 bridgehead atoms. The molecule has 0 aliphatic carbocycles. The van der Waals surface area contributed by atoms with Crippen LogP contribution in [0.15, 0.2) is 54.1 Å². The van der Waals surface area contributed by atoms with Crippen LogP contribution in [-0.4, -0.2) is 30.6 Å². The summed E-state index contributed by atoms with van der Waals surface area (Å²) in [5.74, 6) is -0.118. The molecule has 0 saturated heterocycles. The van der Waals surface area contributed by atoms with E-state index in [0.717, 1.165) is 36.8 Å². The van der Waals surface area contributed by atoms with Crippen molar-refractivity contribution in [2.24, 2.45) is 5.92 Å². The molecular formula is C25H35NO4. The van der Waals surface area contributed by atoms with E-state index in [2.05, 4.69) is 12.2 Å². The Balaban J connectivity index is 2.03. The van der Waals surface area contributed by atoms with Gasteiger partial charge in [0, 0.05) is 13.3 Å². The molecule has 1 aliphatic heterocycles. The predicted octanol–water partition coefficient (Wildman–Crippen LogP) is 4.72. The number of hydrogen-bond acceptors (Lipinski definition) is 4. The first kappa shape index (κ1) is 23.9. The van der Waals surface area contributed by atoms with Crippen molar-refractivity contribution >= 4 is 11.9 Å². The molecule has 1 amide bonds. The van der Waals surface area contributed by atoms with Crippen molar-refractivity contribution in [3.63, 3.8) is 0 Å². The van der Waals surface area contributed by atoms with Crippen molar-refractivity contribution in [2.45, 2.75) is 71.6 Å². The first-order valence-electron chi connectivity index (χ1n) is 10.9. The molecule has 1 aromatic rings. The first-order valence-corrected chi connectivity index (χ1v) is 10.9. The first-order chi connectivity index (χ1) is 14.5. The van der Waals surface area contributed by atoms with E-state index >= 15 is 0 Å². The summed E-state index contributed by atoms with van der Waals surface area (Å²) in [6.45, 7) is 6.58. The fourth-order valence-electron chi connectivity index (χ4n) is 3.60. The fraction of sp³-hybridized carbons (Fsp3) is 0.520. The molecule has 1 heterocycles. The topological polar surface area (TPSA) is 64.6 Å². The Morgan fingerprint density at radius 1 is 1.13 bits per heavy atom. The normalized spacial score (nSPS) is 23.8. The zero-order valence-corrected chi connectivity index (χ0v) is 18.4. The number of esters is 1. The molecule has 1 aromatic carbocycles. The van der Waals surface area contributed by atoms with Gasteiger partial charge in [0.2, 0.25) is 5.91 Å². The second kappa shape index (κ2) is 13.0. The molecule has 5 heteroatoms. The van der Waals surface area contributed by atoms with Gasteiger partial charge >= 0.3 is 5.97 Å². The van der Waals surface area contributed by atoms with E-state index in [1.165, 1.54) is 6.92 Å². The standard InChI is InChI=1S/C25H35NO4/c1-19-14-15-23(30-21(3)27)12-8-5-9-13-24(28)26-25(19)20(2)16-17-29-18-22-10-6-4-7-11-22/h4,6-7,10-11,14-16,19,23,25H,5,8-9,12-13,17-18H2,1-3H3,(H,26,28)/t19-,23?,25?/m0/s1. The lowest BCUT2D eigenvalue weighted by Gasteiger charge is -2.25. The summed E-state index contributed by atoms with van der Waals surface area (Å²) in [6.07, 6.45) is 9.86. The number of hydrogen-bond donors (Lipinski definition) is 1. The SMILES string of the molecule is CC(=O)OC1C=C[C@H](C)C(C(C)=CCOCc2ccccc2)NC(=O)CCCCC1. The third-order valence-corrected chi connectivity index (χ3v) is 5.31. The Labute approximate surface area is 180 Å². The van der Waals surface area contributed by atoms with Crippen molar-refractivity contribution in [2.75, 3.05) is 6.61 Å². The summed E-state index contributed by atoms with van der Waals surface area (Å²) in [4.78, 5) is 23.8. The van der Waals surface area contributed by atoms with E-state index < -0.39 is 0 Å². The molecule has 164 valence electrons. The lowest BCUT2D eigenvalue weighted by molar-refractivity contribution is -0.144. The lowest BCUT2D eigenvalue weighted by atomic mass is 9.93. The monoisotopic (exact) mass is 413 g/mol. The van der Waals surface area contributed by atoms with Crippen LogP contribution < -0.4 is 5.32 Å². The molecular weight excluding hydrogens is 378 g/mol. The van der Waals surface area contributed by atoms with Gasteiger partial charge < -0.3 is 14.8 Å². The number of benzene rings is 1. The van der Waals surface area contributed by atoms with Crippen molar-refractivity contribution in [1.82, 2.24) is 5.32 Å². The maximum absolute atomic E-state index is 12.4. The molecule has 0 radical (unpaired) electrons. The van der Waals surface area contributed by atoms with E-state index in [-0.39, 0.29) is 29.9 Å². The fourth-order valence-corrected chi connectivity index (χ4v) is 3.60. The van der Waals surface area contributed by atoms with E-state index in [1.807, 2.05) is 55.5 Å². The Bertz CT molecular complexity index is 726. The Kier molecular flexibility index (Phi) is 10.4. The van der Waals surface area contributed by atoms with Gasteiger partial charge in [0.25, 0.3) is 0 Å². The van der Waals surface area contributed by atoms with Crippen molar-refractivity contribution in [1.29, 1.82) is 0 Å². The second-order valence-electron chi connectivity index (χ2n) is 7.99. The molecule has 0 spiro atoms. The van der Waals surface area contributed by atoms with Crippen LogP contribution in [0.25, 0.3) is 0 Å². The van der Waals surface area contributed by atoms with Gasteiger partial charge in [-0.05, 0) is 43.7 Å². The van der Waals surface area contributed by atoms with E-state index in [1.54, 1.807) is 0 Å². The van der Waals surface area contributed by atoms with Crippen LogP contribution in [0.4, 0.5) is 0 Å². The highest BCUT2D eigenvalue weighted by Crippen LogP contribution is 2.18. The van der Waals surface area contributed by atoms with Gasteiger partial charge in [-0.25, -0.2) is 0 Å². The summed E-state index contributed by atoms with van der Waals surface area (Å²) >= 11 is 0. The molecule has 1 N–H and O–H groups in total. The van der Waals surface area contributed by atoms with Crippen LogP contribution in [0.3, 0.4) is 0 Å². The molecule has 5 nitrogen and oxygen atoms in total. The zero-order valence-electron chi connectivity index (χ0n) is 18.4. The van der Waals surface area contributed by atoms with Gasteiger partial charge in [0.15, 0.2) is 0 Å². The van der Waals surface area contributed by atoms with Gasteiger partial charge in [-0.3, -0.25) is 9.59 Å². The molecule has 0 saturated carbocycles. The molecule has 2 rings (SSSR count). The molecule has 2 unspecified atom stereocenters. The van der Waals surface area contributed by atoms with Gasteiger partial charge in [0.1, 0.15) is 6.10 Å². The Hall–Kier alpha value is -2.40. The zero-order chi connectivity index (χ0) is 21.8. The Morgan fingerprint density at radius 3 is 2.63 bits per heavy atom. The minimum atomic E-state index is -0.263. The third-order valence-electron chi connectivity index (χ3n) is 5.31. The van der Waals surface area contributed by atoms with Crippen molar-refractivity contribution in [3.8, 4) is 0 Å². The predicted molar refractivity (Wildman–Crippen MR) is 119 cm³/mol. The number of nitrogens with one attached hydrogen (secondary N) is 1. The highest BCUT2D eigenvalue weighted by atomic mass is 16.5.